The maximum Gasteiger partial charge on any atom is 0.193 e. The monoisotopic (exact) mass is 526 g/mol. The van der Waals surface area contributed by atoms with Crippen LogP contribution in [0.15, 0.2) is 52.8 Å². The number of morpholine rings is 1. The Morgan fingerprint density at radius 1 is 1.17 bits per heavy atom. The molecular formula is C22H31IN4OS. The van der Waals surface area contributed by atoms with E-state index in [0.29, 0.717) is 12.0 Å². The summed E-state index contributed by atoms with van der Waals surface area (Å²) in [6.07, 6.45) is 1.18. The number of nitrogens with one attached hydrogen (secondary N) is 1. The van der Waals surface area contributed by atoms with Crippen molar-refractivity contribution in [3.05, 3.63) is 58.3 Å². The van der Waals surface area contributed by atoms with Gasteiger partial charge in [-0.3, -0.25) is 9.89 Å². The number of hydrogen-bond donors (Lipinski definition) is 1. The third-order valence-electron chi connectivity index (χ3n) is 5.78. The Morgan fingerprint density at radius 3 is 2.66 bits per heavy atom. The number of thiophene rings is 1. The van der Waals surface area contributed by atoms with Gasteiger partial charge in [-0.1, -0.05) is 36.4 Å². The summed E-state index contributed by atoms with van der Waals surface area (Å²) in [5, 5.41) is 5.84. The van der Waals surface area contributed by atoms with E-state index in [0.717, 1.165) is 51.9 Å². The number of likely N-dealkylation sites (tertiary alicyclic amines) is 1. The van der Waals surface area contributed by atoms with E-state index in [1.807, 2.05) is 18.4 Å². The molecule has 1 N–H and O–H groups in total. The summed E-state index contributed by atoms with van der Waals surface area (Å²) in [5.41, 5.74) is 1.44. The molecule has 2 unspecified atom stereocenters. The van der Waals surface area contributed by atoms with Crippen molar-refractivity contribution in [2.75, 3.05) is 53.0 Å². The van der Waals surface area contributed by atoms with Gasteiger partial charge in [0.05, 0.1) is 19.3 Å². The third kappa shape index (κ3) is 5.71. The van der Waals surface area contributed by atoms with Gasteiger partial charge >= 0.3 is 0 Å². The molecule has 1 aromatic heterocycles. The molecule has 29 heavy (non-hydrogen) atoms. The second kappa shape index (κ2) is 11.3. The highest BCUT2D eigenvalue weighted by Gasteiger charge is 2.28. The van der Waals surface area contributed by atoms with E-state index < -0.39 is 0 Å². The van der Waals surface area contributed by atoms with Gasteiger partial charge in [-0.2, -0.15) is 0 Å². The second-order valence-corrected chi connectivity index (χ2v) is 8.43. The van der Waals surface area contributed by atoms with E-state index in [2.05, 4.69) is 68.0 Å². The van der Waals surface area contributed by atoms with E-state index in [4.69, 9.17) is 4.74 Å². The average Bonchev–Trinajstić information content (AvgIpc) is 3.45. The molecular weight excluding hydrogens is 495 g/mol. The van der Waals surface area contributed by atoms with Crippen LogP contribution < -0.4 is 5.32 Å². The summed E-state index contributed by atoms with van der Waals surface area (Å²) in [6, 6.07) is 15.6. The van der Waals surface area contributed by atoms with E-state index in [9.17, 15) is 0 Å². The Balaban J connectivity index is 0.00000240. The number of nitrogens with zero attached hydrogens (tertiary/aromatic N) is 3. The predicted molar refractivity (Wildman–Crippen MR) is 132 cm³/mol. The molecule has 2 aliphatic heterocycles. The van der Waals surface area contributed by atoms with Gasteiger partial charge in [-0.25, -0.2) is 0 Å². The normalized spacial score (nSPS) is 21.6. The maximum absolute atomic E-state index is 5.56. The zero-order valence-corrected chi connectivity index (χ0v) is 20.1. The molecule has 2 fully saturated rings. The van der Waals surface area contributed by atoms with E-state index in [1.165, 1.54) is 16.9 Å². The van der Waals surface area contributed by atoms with Gasteiger partial charge in [-0.05, 0) is 23.4 Å². The van der Waals surface area contributed by atoms with Crippen molar-refractivity contribution in [3.63, 3.8) is 0 Å². The zero-order chi connectivity index (χ0) is 19.2. The zero-order valence-electron chi connectivity index (χ0n) is 17.0. The summed E-state index contributed by atoms with van der Waals surface area (Å²) in [7, 11) is 1.90. The average molecular weight is 526 g/mol. The number of halogens is 1. The Bertz CT molecular complexity index is 749. The third-order valence-corrected chi connectivity index (χ3v) is 6.76. The number of rotatable bonds is 5. The molecule has 0 bridgehead atoms. The fraction of sp³-hybridized carbons (Fsp3) is 0.500. The molecule has 7 heteroatoms. The van der Waals surface area contributed by atoms with Gasteiger partial charge in [0.2, 0.25) is 0 Å². The molecule has 3 heterocycles. The first-order valence-corrected chi connectivity index (χ1v) is 11.1. The molecule has 0 amide bonds. The fourth-order valence-corrected chi connectivity index (χ4v) is 5.11. The lowest BCUT2D eigenvalue weighted by molar-refractivity contribution is 0.0176. The van der Waals surface area contributed by atoms with Crippen LogP contribution in [0.2, 0.25) is 0 Å². The van der Waals surface area contributed by atoms with Crippen LogP contribution in [-0.2, 0) is 4.74 Å². The first-order chi connectivity index (χ1) is 13.8. The van der Waals surface area contributed by atoms with Gasteiger partial charge in [0.25, 0.3) is 0 Å². The van der Waals surface area contributed by atoms with Crippen LogP contribution >= 0.6 is 35.3 Å². The summed E-state index contributed by atoms with van der Waals surface area (Å²) >= 11 is 1.84. The quantitative estimate of drug-likeness (QED) is 0.366. The number of hydrogen-bond acceptors (Lipinski definition) is 4. The van der Waals surface area contributed by atoms with E-state index >= 15 is 0 Å². The molecule has 1 aromatic carbocycles. The summed E-state index contributed by atoms with van der Waals surface area (Å²) in [6.45, 7) is 6.58. The van der Waals surface area contributed by atoms with Crippen molar-refractivity contribution in [3.8, 4) is 0 Å². The van der Waals surface area contributed by atoms with Gasteiger partial charge < -0.3 is 15.0 Å². The maximum atomic E-state index is 5.56. The van der Waals surface area contributed by atoms with Gasteiger partial charge in [-0.15, -0.1) is 35.3 Å². The lowest BCUT2D eigenvalue weighted by atomic mass is 9.99. The minimum absolute atomic E-state index is 0. The van der Waals surface area contributed by atoms with Crippen LogP contribution in [0.1, 0.15) is 28.8 Å². The highest BCUT2D eigenvalue weighted by molar-refractivity contribution is 14.0. The lowest BCUT2D eigenvalue weighted by Gasteiger charge is -2.35. The van der Waals surface area contributed by atoms with Crippen LogP contribution in [0.4, 0.5) is 0 Å². The SMILES string of the molecule is CN=C(NCC(c1cccs1)N1CCOCC1)N1CCC(c2ccccc2)C1.I. The molecule has 0 aliphatic carbocycles. The number of benzene rings is 1. The molecule has 2 aromatic rings. The van der Waals surface area contributed by atoms with Crippen molar-refractivity contribution < 1.29 is 4.74 Å². The number of ether oxygens (including phenoxy) is 1. The van der Waals surface area contributed by atoms with Crippen LogP contribution in [0.25, 0.3) is 0 Å². The second-order valence-electron chi connectivity index (χ2n) is 7.45. The van der Waals surface area contributed by atoms with Crippen LogP contribution in [0.5, 0.6) is 0 Å². The van der Waals surface area contributed by atoms with Crippen LogP contribution in [0, 0.1) is 0 Å². The van der Waals surface area contributed by atoms with Crippen molar-refractivity contribution >= 4 is 41.3 Å². The standard InChI is InChI=1S/C22H30N4OS.HI/c1-23-22(26-10-9-19(17-26)18-6-3-2-4-7-18)24-16-20(21-8-5-15-28-21)25-11-13-27-14-12-25;/h2-8,15,19-20H,9-14,16-17H2,1H3,(H,23,24);1H. The van der Waals surface area contributed by atoms with Crippen molar-refractivity contribution in [2.24, 2.45) is 4.99 Å². The first-order valence-electron chi connectivity index (χ1n) is 10.2. The van der Waals surface area contributed by atoms with Crippen molar-refractivity contribution in [2.45, 2.75) is 18.4 Å². The summed E-state index contributed by atoms with van der Waals surface area (Å²) < 4.78 is 5.56. The van der Waals surface area contributed by atoms with Gasteiger partial charge in [0.1, 0.15) is 0 Å². The van der Waals surface area contributed by atoms with E-state index in [-0.39, 0.29) is 24.0 Å². The summed E-state index contributed by atoms with van der Waals surface area (Å²) in [5.74, 6) is 1.61. The molecule has 2 atom stereocenters. The number of aliphatic imine (C=N–C) groups is 1. The highest BCUT2D eigenvalue weighted by atomic mass is 127. The molecule has 2 saturated heterocycles. The van der Waals surface area contributed by atoms with Gasteiger partial charge in [0.15, 0.2) is 5.96 Å². The lowest BCUT2D eigenvalue weighted by Crippen LogP contribution is -2.46. The van der Waals surface area contributed by atoms with Crippen molar-refractivity contribution in [1.82, 2.24) is 15.1 Å². The molecule has 158 valence electrons. The fourth-order valence-electron chi connectivity index (χ4n) is 4.25. The Hall–Kier alpha value is -1.16. The minimum Gasteiger partial charge on any atom is -0.379 e. The molecule has 0 spiro atoms. The first kappa shape index (κ1) is 22.5. The van der Waals surface area contributed by atoms with E-state index in [1.54, 1.807) is 0 Å². The minimum atomic E-state index is 0. The van der Waals surface area contributed by atoms with Crippen molar-refractivity contribution in [1.29, 1.82) is 0 Å². The molecule has 0 saturated carbocycles. The molecule has 0 radical (unpaired) electrons. The topological polar surface area (TPSA) is 40.1 Å². The van der Waals surface area contributed by atoms with Gasteiger partial charge in [0, 0.05) is 50.6 Å². The van der Waals surface area contributed by atoms with Crippen LogP contribution in [-0.4, -0.2) is 68.7 Å². The highest BCUT2D eigenvalue weighted by Crippen LogP contribution is 2.28. The predicted octanol–water partition coefficient (Wildman–Crippen LogP) is 3.80. The largest absolute Gasteiger partial charge is 0.379 e. The Morgan fingerprint density at radius 2 is 1.97 bits per heavy atom. The smallest absolute Gasteiger partial charge is 0.193 e. The Kier molecular flexibility index (Phi) is 8.77. The molecule has 5 nitrogen and oxygen atoms in total. The Labute approximate surface area is 195 Å². The summed E-state index contributed by atoms with van der Waals surface area (Å²) in [4.78, 5) is 10.9. The number of guanidine groups is 1. The van der Waals surface area contributed by atoms with Crippen LogP contribution in [0.3, 0.4) is 0 Å². The molecule has 4 rings (SSSR count). The molecule has 2 aliphatic rings.